The van der Waals surface area contributed by atoms with Crippen LogP contribution in [0.15, 0.2) is 0 Å². The zero-order chi connectivity index (χ0) is 17.3. The van der Waals surface area contributed by atoms with Crippen molar-refractivity contribution in [2.24, 2.45) is 5.73 Å². The van der Waals surface area contributed by atoms with E-state index >= 15 is 0 Å². The molecule has 3 rings (SSSR count). The van der Waals surface area contributed by atoms with Gasteiger partial charge in [0.1, 0.15) is 16.5 Å². The van der Waals surface area contributed by atoms with E-state index in [4.69, 9.17) is 10.7 Å². The first kappa shape index (κ1) is 23.0. The van der Waals surface area contributed by atoms with Crippen molar-refractivity contribution in [3.8, 4) is 0 Å². The SMILES string of the molecule is CCc1nc(C)sc1CNc1nc(CCN)nc2sc(C)c(C)c12.Cl.Cl. The fourth-order valence-corrected chi connectivity index (χ4v) is 4.77. The van der Waals surface area contributed by atoms with Crippen LogP contribution in [0.1, 0.15) is 38.8 Å². The Morgan fingerprint density at radius 3 is 2.42 bits per heavy atom. The summed E-state index contributed by atoms with van der Waals surface area (Å²) in [6, 6.07) is 0. The second-order valence-corrected chi connectivity index (χ2v) is 8.29. The molecule has 3 aromatic heterocycles. The summed E-state index contributed by atoms with van der Waals surface area (Å²) in [4.78, 5) is 17.6. The number of fused-ring (bicyclic) bond motifs is 1. The lowest BCUT2D eigenvalue weighted by Gasteiger charge is -2.09. The summed E-state index contributed by atoms with van der Waals surface area (Å²) in [6.45, 7) is 9.78. The normalized spacial score (nSPS) is 10.5. The molecular weight excluding hydrogens is 409 g/mol. The number of halogens is 2. The highest BCUT2D eigenvalue weighted by Gasteiger charge is 2.15. The molecule has 9 heteroatoms. The van der Waals surface area contributed by atoms with Gasteiger partial charge >= 0.3 is 0 Å². The summed E-state index contributed by atoms with van der Waals surface area (Å²) in [6.07, 6.45) is 1.65. The van der Waals surface area contributed by atoms with Crippen molar-refractivity contribution in [3.05, 3.63) is 31.8 Å². The van der Waals surface area contributed by atoms with E-state index in [9.17, 15) is 0 Å². The third-order valence-corrected chi connectivity index (χ3v) is 6.19. The lowest BCUT2D eigenvalue weighted by molar-refractivity contribution is 0.879. The van der Waals surface area contributed by atoms with Crippen molar-refractivity contribution in [1.29, 1.82) is 0 Å². The van der Waals surface area contributed by atoms with Crippen molar-refractivity contribution in [3.63, 3.8) is 0 Å². The number of aromatic nitrogens is 3. The average molecular weight is 434 g/mol. The maximum absolute atomic E-state index is 5.69. The van der Waals surface area contributed by atoms with Gasteiger partial charge in [0.05, 0.1) is 22.6 Å². The fraction of sp³-hybridized carbons (Fsp3) is 0.471. The van der Waals surface area contributed by atoms with Crippen LogP contribution in [0, 0.1) is 20.8 Å². The van der Waals surface area contributed by atoms with Gasteiger partial charge in [-0.3, -0.25) is 0 Å². The highest BCUT2D eigenvalue weighted by atomic mass is 35.5. The maximum atomic E-state index is 5.69. The molecule has 0 aromatic carbocycles. The summed E-state index contributed by atoms with van der Waals surface area (Å²) in [5.74, 6) is 1.73. The van der Waals surface area contributed by atoms with Gasteiger partial charge in [0, 0.05) is 16.2 Å². The van der Waals surface area contributed by atoms with E-state index in [1.54, 1.807) is 22.7 Å². The van der Waals surface area contributed by atoms with Crippen LogP contribution in [-0.4, -0.2) is 21.5 Å². The van der Waals surface area contributed by atoms with Crippen LogP contribution in [0.2, 0.25) is 0 Å². The standard InChI is InChI=1S/C17H23N5S2.2ClH/c1-5-12-13(24-11(4)20-12)8-19-16-15-9(2)10(3)23-17(15)22-14(21-16)6-7-18;;/h5-8,18H2,1-4H3,(H,19,21,22);2*1H. The van der Waals surface area contributed by atoms with Gasteiger partial charge in [-0.05, 0) is 39.3 Å². The summed E-state index contributed by atoms with van der Waals surface area (Å²) >= 11 is 3.48. The number of hydrogen-bond acceptors (Lipinski definition) is 7. The molecule has 0 amide bonds. The number of nitrogens with zero attached hydrogens (tertiary/aromatic N) is 3. The molecule has 3 heterocycles. The molecule has 0 radical (unpaired) electrons. The first-order chi connectivity index (χ1) is 11.5. The van der Waals surface area contributed by atoms with Gasteiger partial charge < -0.3 is 11.1 Å². The van der Waals surface area contributed by atoms with E-state index in [0.717, 1.165) is 39.8 Å². The Morgan fingerprint density at radius 1 is 1.04 bits per heavy atom. The second kappa shape index (κ2) is 9.80. The van der Waals surface area contributed by atoms with Gasteiger partial charge in [0.15, 0.2) is 0 Å². The van der Waals surface area contributed by atoms with Crippen LogP contribution in [0.25, 0.3) is 10.2 Å². The predicted octanol–water partition coefficient (Wildman–Crippen LogP) is 4.59. The first-order valence-electron chi connectivity index (χ1n) is 8.19. The molecule has 144 valence electrons. The van der Waals surface area contributed by atoms with Gasteiger partial charge in [-0.25, -0.2) is 15.0 Å². The van der Waals surface area contributed by atoms with E-state index in [2.05, 4.69) is 43.0 Å². The molecule has 0 aliphatic carbocycles. The van der Waals surface area contributed by atoms with Gasteiger partial charge in [-0.15, -0.1) is 47.5 Å². The monoisotopic (exact) mass is 433 g/mol. The number of thiazole rings is 1. The second-order valence-electron chi connectivity index (χ2n) is 5.80. The Morgan fingerprint density at radius 2 is 1.77 bits per heavy atom. The van der Waals surface area contributed by atoms with Crippen molar-refractivity contribution < 1.29 is 0 Å². The Labute approximate surface area is 174 Å². The molecule has 3 aromatic rings. The van der Waals surface area contributed by atoms with E-state index in [0.29, 0.717) is 13.0 Å². The summed E-state index contributed by atoms with van der Waals surface area (Å²) in [5.41, 5.74) is 8.13. The highest BCUT2D eigenvalue weighted by Crippen LogP contribution is 2.33. The van der Waals surface area contributed by atoms with E-state index in [1.807, 2.05) is 0 Å². The number of aryl methyl sites for hydroxylation is 4. The summed E-state index contributed by atoms with van der Waals surface area (Å²) in [7, 11) is 0. The van der Waals surface area contributed by atoms with E-state index in [-0.39, 0.29) is 24.8 Å². The minimum Gasteiger partial charge on any atom is -0.364 e. The first-order valence-corrected chi connectivity index (χ1v) is 9.82. The zero-order valence-corrected chi connectivity index (χ0v) is 18.6. The van der Waals surface area contributed by atoms with Gasteiger partial charge in [-0.1, -0.05) is 6.92 Å². The van der Waals surface area contributed by atoms with Crippen LogP contribution < -0.4 is 11.1 Å². The smallest absolute Gasteiger partial charge is 0.139 e. The minimum atomic E-state index is 0. The highest BCUT2D eigenvalue weighted by molar-refractivity contribution is 7.18. The number of nitrogens with two attached hydrogens (primary N) is 1. The molecule has 0 fully saturated rings. The van der Waals surface area contributed by atoms with Crippen LogP contribution in [0.5, 0.6) is 0 Å². The molecule has 0 aliphatic heterocycles. The maximum Gasteiger partial charge on any atom is 0.139 e. The average Bonchev–Trinajstić information content (AvgIpc) is 3.05. The molecule has 5 nitrogen and oxygen atoms in total. The molecule has 0 aliphatic rings. The van der Waals surface area contributed by atoms with Gasteiger partial charge in [0.25, 0.3) is 0 Å². The topological polar surface area (TPSA) is 76.7 Å². The van der Waals surface area contributed by atoms with Crippen molar-refractivity contribution >= 4 is 63.5 Å². The Kier molecular flexibility index (Phi) is 8.69. The molecular formula is C17H25Cl2N5S2. The van der Waals surface area contributed by atoms with Crippen LogP contribution in [-0.2, 0) is 19.4 Å². The van der Waals surface area contributed by atoms with Crippen molar-refractivity contribution in [1.82, 2.24) is 15.0 Å². The Balaban J connectivity index is 0.00000169. The lowest BCUT2D eigenvalue weighted by Crippen LogP contribution is -2.09. The molecule has 0 unspecified atom stereocenters. The summed E-state index contributed by atoms with van der Waals surface area (Å²) in [5, 5.41) is 5.78. The van der Waals surface area contributed by atoms with Crippen LogP contribution in [0.4, 0.5) is 5.82 Å². The van der Waals surface area contributed by atoms with Gasteiger partial charge in [0.2, 0.25) is 0 Å². The van der Waals surface area contributed by atoms with E-state index < -0.39 is 0 Å². The summed E-state index contributed by atoms with van der Waals surface area (Å²) < 4.78 is 0. The Bertz CT molecular complexity index is 876. The molecule has 3 N–H and O–H groups in total. The van der Waals surface area contributed by atoms with Crippen molar-refractivity contribution in [2.75, 3.05) is 11.9 Å². The number of hydrogen-bond donors (Lipinski definition) is 2. The third-order valence-electron chi connectivity index (χ3n) is 4.08. The van der Waals surface area contributed by atoms with Gasteiger partial charge in [-0.2, -0.15) is 0 Å². The minimum absolute atomic E-state index is 0. The Hall–Kier alpha value is -0.990. The lowest BCUT2D eigenvalue weighted by atomic mass is 10.2. The number of thiophene rings is 1. The number of anilines is 1. The molecule has 0 atom stereocenters. The van der Waals surface area contributed by atoms with Crippen LogP contribution >= 0.6 is 47.5 Å². The van der Waals surface area contributed by atoms with Crippen LogP contribution in [0.3, 0.4) is 0 Å². The fourth-order valence-electron chi connectivity index (χ4n) is 2.75. The zero-order valence-electron chi connectivity index (χ0n) is 15.4. The molecule has 0 saturated carbocycles. The molecule has 26 heavy (non-hydrogen) atoms. The molecule has 0 saturated heterocycles. The molecule has 0 spiro atoms. The van der Waals surface area contributed by atoms with Crippen molar-refractivity contribution in [2.45, 2.75) is 47.1 Å². The predicted molar refractivity (Wildman–Crippen MR) is 118 cm³/mol. The largest absolute Gasteiger partial charge is 0.364 e. The number of rotatable bonds is 6. The number of nitrogens with one attached hydrogen (secondary N) is 1. The van der Waals surface area contributed by atoms with E-state index in [1.165, 1.54) is 21.0 Å². The molecule has 0 bridgehead atoms. The quantitative estimate of drug-likeness (QED) is 0.593. The third kappa shape index (κ3) is 4.64.